The Hall–Kier alpha value is -2.79. The van der Waals surface area contributed by atoms with Crippen LogP contribution in [-0.4, -0.2) is 19.2 Å². The van der Waals surface area contributed by atoms with Crippen molar-refractivity contribution in [3.63, 3.8) is 0 Å². The highest BCUT2D eigenvalue weighted by Crippen LogP contribution is 2.40. The summed E-state index contributed by atoms with van der Waals surface area (Å²) >= 11 is 0. The lowest BCUT2D eigenvalue weighted by molar-refractivity contribution is 0.398. The minimum Gasteiger partial charge on any atom is -0.497 e. The maximum atomic E-state index is 5.59. The summed E-state index contributed by atoms with van der Waals surface area (Å²) in [6.45, 7) is 0. The zero-order chi connectivity index (χ0) is 15.5. The minimum atomic E-state index is 0.576. The average molecular weight is 295 g/mol. The Kier molecular flexibility index (Phi) is 3.80. The third kappa shape index (κ3) is 2.31. The number of hydrogen-bond acceptors (Lipinski definition) is 5. The molecule has 1 heterocycles. The summed E-state index contributed by atoms with van der Waals surface area (Å²) in [6, 6.07) is 13.8. The van der Waals surface area contributed by atoms with Gasteiger partial charge in [0.2, 0.25) is 0 Å². The number of methoxy groups -OCH3 is 2. The van der Waals surface area contributed by atoms with Gasteiger partial charge in [0.15, 0.2) is 0 Å². The van der Waals surface area contributed by atoms with Crippen LogP contribution in [0.1, 0.15) is 0 Å². The van der Waals surface area contributed by atoms with Crippen molar-refractivity contribution < 1.29 is 9.47 Å². The molecular formula is C17H17N3O2. The number of ether oxygens (including phenoxy) is 2. The Morgan fingerprint density at radius 1 is 1.05 bits per heavy atom. The van der Waals surface area contributed by atoms with Crippen LogP contribution in [0.25, 0.3) is 21.9 Å². The number of nitrogen functional groups attached to an aromatic ring is 1. The fraction of sp³-hybridized carbons (Fsp3) is 0.118. The number of rotatable bonds is 4. The van der Waals surface area contributed by atoms with Crippen LogP contribution in [0.5, 0.6) is 11.5 Å². The number of aromatic nitrogens is 1. The number of benzene rings is 2. The van der Waals surface area contributed by atoms with Gasteiger partial charge in [-0.3, -0.25) is 0 Å². The molecule has 2 aromatic carbocycles. The van der Waals surface area contributed by atoms with Gasteiger partial charge >= 0.3 is 0 Å². The molecule has 22 heavy (non-hydrogen) atoms. The van der Waals surface area contributed by atoms with E-state index < -0.39 is 0 Å². The predicted molar refractivity (Wildman–Crippen MR) is 88.1 cm³/mol. The monoisotopic (exact) mass is 295 g/mol. The number of nitrogens with two attached hydrogens (primary N) is 1. The second kappa shape index (κ2) is 5.91. The van der Waals surface area contributed by atoms with Gasteiger partial charge in [-0.15, -0.1) is 0 Å². The molecule has 0 aliphatic heterocycles. The van der Waals surface area contributed by atoms with E-state index >= 15 is 0 Å². The van der Waals surface area contributed by atoms with Crippen molar-refractivity contribution >= 4 is 16.6 Å². The quantitative estimate of drug-likeness (QED) is 0.571. The molecule has 5 heteroatoms. The van der Waals surface area contributed by atoms with Crippen molar-refractivity contribution in [3.8, 4) is 22.6 Å². The van der Waals surface area contributed by atoms with E-state index in [0.29, 0.717) is 17.3 Å². The van der Waals surface area contributed by atoms with Gasteiger partial charge < -0.3 is 14.9 Å². The normalized spacial score (nSPS) is 10.5. The molecule has 0 amide bonds. The molecule has 0 saturated heterocycles. The molecule has 0 fully saturated rings. The first-order chi connectivity index (χ1) is 10.8. The fourth-order valence-electron chi connectivity index (χ4n) is 2.55. The van der Waals surface area contributed by atoms with E-state index in [9.17, 15) is 0 Å². The van der Waals surface area contributed by atoms with E-state index in [0.717, 1.165) is 21.9 Å². The van der Waals surface area contributed by atoms with E-state index in [4.69, 9.17) is 15.3 Å². The molecule has 3 N–H and O–H groups in total. The third-order valence-electron chi connectivity index (χ3n) is 3.60. The largest absolute Gasteiger partial charge is 0.497 e. The van der Waals surface area contributed by atoms with E-state index in [1.165, 1.54) is 0 Å². The maximum absolute atomic E-state index is 5.59. The predicted octanol–water partition coefficient (Wildman–Crippen LogP) is 3.20. The van der Waals surface area contributed by atoms with E-state index in [-0.39, 0.29) is 0 Å². The van der Waals surface area contributed by atoms with Crippen LogP contribution in [-0.2, 0) is 0 Å². The van der Waals surface area contributed by atoms with Gasteiger partial charge in [-0.05, 0) is 11.6 Å². The van der Waals surface area contributed by atoms with Crippen LogP contribution in [0, 0.1) is 0 Å². The summed E-state index contributed by atoms with van der Waals surface area (Å²) < 4.78 is 10.9. The highest BCUT2D eigenvalue weighted by atomic mass is 16.5. The van der Waals surface area contributed by atoms with Gasteiger partial charge in [-0.25, -0.2) is 10.8 Å². The molecule has 5 nitrogen and oxygen atoms in total. The van der Waals surface area contributed by atoms with Crippen molar-refractivity contribution in [2.45, 2.75) is 0 Å². The number of nitrogens with zero attached hydrogens (tertiary/aromatic N) is 1. The third-order valence-corrected chi connectivity index (χ3v) is 3.60. The number of hydrogen-bond donors (Lipinski definition) is 2. The number of fused-ring (bicyclic) bond motifs is 1. The Morgan fingerprint density at radius 2 is 1.82 bits per heavy atom. The molecule has 0 radical (unpaired) electrons. The Bertz CT molecular complexity index is 804. The van der Waals surface area contributed by atoms with Crippen LogP contribution in [0.15, 0.2) is 48.7 Å². The Balaban J connectivity index is 2.40. The van der Waals surface area contributed by atoms with Crippen LogP contribution < -0.4 is 20.7 Å². The molecule has 0 aliphatic rings. The van der Waals surface area contributed by atoms with Crippen molar-refractivity contribution in [2.24, 2.45) is 5.84 Å². The van der Waals surface area contributed by atoms with Crippen LogP contribution in [0.3, 0.4) is 0 Å². The zero-order valence-electron chi connectivity index (χ0n) is 12.5. The molecule has 1 aromatic heterocycles. The average Bonchev–Trinajstić information content (AvgIpc) is 2.60. The lowest BCUT2D eigenvalue weighted by Gasteiger charge is -2.15. The van der Waals surface area contributed by atoms with Gasteiger partial charge in [-0.1, -0.05) is 30.3 Å². The van der Waals surface area contributed by atoms with Gasteiger partial charge in [0, 0.05) is 28.6 Å². The van der Waals surface area contributed by atoms with Gasteiger partial charge in [0.25, 0.3) is 0 Å². The SMILES string of the molecule is COc1cc(OC)c2c(-c3ccccc3)cnc(NN)c2c1. The topological polar surface area (TPSA) is 69.4 Å². The summed E-state index contributed by atoms with van der Waals surface area (Å²) in [5, 5.41) is 1.79. The summed E-state index contributed by atoms with van der Waals surface area (Å²) in [6.07, 6.45) is 1.79. The molecule has 3 aromatic rings. The highest BCUT2D eigenvalue weighted by molar-refractivity contribution is 6.06. The van der Waals surface area contributed by atoms with Gasteiger partial charge in [0.1, 0.15) is 17.3 Å². The lowest BCUT2D eigenvalue weighted by atomic mass is 9.99. The smallest absolute Gasteiger partial charge is 0.148 e. The number of pyridine rings is 1. The number of hydrazine groups is 1. The number of anilines is 1. The molecular weight excluding hydrogens is 278 g/mol. The molecule has 0 saturated carbocycles. The Morgan fingerprint density at radius 3 is 2.45 bits per heavy atom. The second-order valence-corrected chi connectivity index (χ2v) is 4.78. The van der Waals surface area contributed by atoms with Crippen molar-refractivity contribution in [1.82, 2.24) is 4.98 Å². The second-order valence-electron chi connectivity index (χ2n) is 4.78. The summed E-state index contributed by atoms with van der Waals surface area (Å²) in [4.78, 5) is 4.41. The lowest BCUT2D eigenvalue weighted by Crippen LogP contribution is -2.09. The highest BCUT2D eigenvalue weighted by Gasteiger charge is 2.15. The van der Waals surface area contributed by atoms with E-state index in [2.05, 4.69) is 10.4 Å². The molecule has 0 aliphatic carbocycles. The maximum Gasteiger partial charge on any atom is 0.148 e. The van der Waals surface area contributed by atoms with Crippen LogP contribution >= 0.6 is 0 Å². The molecule has 3 rings (SSSR count). The van der Waals surface area contributed by atoms with Crippen LogP contribution in [0.4, 0.5) is 5.82 Å². The molecule has 0 spiro atoms. The molecule has 0 unspecified atom stereocenters. The first-order valence-electron chi connectivity index (χ1n) is 6.85. The van der Waals surface area contributed by atoms with Crippen molar-refractivity contribution in [2.75, 3.05) is 19.6 Å². The van der Waals surface area contributed by atoms with Crippen molar-refractivity contribution in [1.29, 1.82) is 0 Å². The first-order valence-corrected chi connectivity index (χ1v) is 6.85. The molecule has 0 atom stereocenters. The van der Waals surface area contributed by atoms with Crippen molar-refractivity contribution in [3.05, 3.63) is 48.7 Å². The molecule has 0 bridgehead atoms. The fourth-order valence-corrected chi connectivity index (χ4v) is 2.55. The standard InChI is InChI=1S/C17H17N3O2/c1-21-12-8-13-16(15(9-12)22-2)14(10-19-17(13)20-18)11-6-4-3-5-7-11/h3-10H,18H2,1-2H3,(H,19,20). The zero-order valence-corrected chi connectivity index (χ0v) is 12.5. The van der Waals surface area contributed by atoms with Crippen LogP contribution in [0.2, 0.25) is 0 Å². The summed E-state index contributed by atoms with van der Waals surface area (Å²) in [7, 11) is 3.25. The Labute approximate surface area is 128 Å². The first kappa shape index (κ1) is 14.2. The van der Waals surface area contributed by atoms with E-state index in [1.54, 1.807) is 20.4 Å². The molecule has 112 valence electrons. The van der Waals surface area contributed by atoms with E-state index in [1.807, 2.05) is 42.5 Å². The summed E-state index contributed by atoms with van der Waals surface area (Å²) in [5.41, 5.74) is 4.67. The number of nitrogens with one attached hydrogen (secondary N) is 1. The summed E-state index contributed by atoms with van der Waals surface area (Å²) in [5.74, 6) is 7.57. The van der Waals surface area contributed by atoms with Gasteiger partial charge in [0.05, 0.1) is 14.2 Å². The minimum absolute atomic E-state index is 0.576. The van der Waals surface area contributed by atoms with Gasteiger partial charge in [-0.2, -0.15) is 0 Å².